The van der Waals surface area contributed by atoms with Crippen LogP contribution in [0.2, 0.25) is 0 Å². The first-order valence-corrected chi connectivity index (χ1v) is 6.38. The van der Waals surface area contributed by atoms with Gasteiger partial charge in [0.05, 0.1) is 11.6 Å². The molecule has 0 aliphatic carbocycles. The second-order valence-corrected chi connectivity index (χ2v) is 4.89. The third-order valence-electron chi connectivity index (χ3n) is 3.48. The summed E-state index contributed by atoms with van der Waals surface area (Å²) in [5.74, 6) is -2.10. The number of likely N-dealkylation sites (tertiary alicyclic amines) is 1. The molecule has 3 nitrogen and oxygen atoms in total. The first-order valence-electron chi connectivity index (χ1n) is 6.38. The van der Waals surface area contributed by atoms with Gasteiger partial charge in [-0.2, -0.15) is 18.4 Å². The second kappa shape index (κ2) is 5.72. The van der Waals surface area contributed by atoms with E-state index < -0.39 is 23.5 Å². The Morgan fingerprint density at radius 2 is 1.90 bits per heavy atom. The maximum absolute atomic E-state index is 13.2. The van der Waals surface area contributed by atoms with Crippen LogP contribution in [0.15, 0.2) is 18.2 Å². The highest BCUT2D eigenvalue weighted by atomic mass is 19.4. The van der Waals surface area contributed by atoms with Crippen LogP contribution in [0, 0.1) is 23.1 Å². The van der Waals surface area contributed by atoms with Crippen molar-refractivity contribution in [2.24, 2.45) is 5.92 Å². The lowest BCUT2D eigenvalue weighted by atomic mass is 9.98. The van der Waals surface area contributed by atoms with Crippen molar-refractivity contribution >= 4 is 5.91 Å². The molecule has 1 aromatic carbocycles. The molecular formula is C14H12F4N2O. The molecule has 0 bridgehead atoms. The number of piperidine rings is 1. The van der Waals surface area contributed by atoms with Gasteiger partial charge in [0.15, 0.2) is 0 Å². The molecule has 1 aromatic rings. The lowest BCUT2D eigenvalue weighted by molar-refractivity contribution is -0.140. The maximum atomic E-state index is 13.2. The molecule has 0 N–H and O–H groups in total. The molecule has 0 saturated carbocycles. The van der Waals surface area contributed by atoms with Gasteiger partial charge >= 0.3 is 6.18 Å². The topological polar surface area (TPSA) is 44.1 Å². The molecule has 1 fully saturated rings. The van der Waals surface area contributed by atoms with Crippen LogP contribution in [-0.2, 0) is 6.18 Å². The van der Waals surface area contributed by atoms with E-state index in [0.29, 0.717) is 38.1 Å². The number of nitrogens with zero attached hydrogens (tertiary/aromatic N) is 2. The van der Waals surface area contributed by atoms with Gasteiger partial charge in [-0.25, -0.2) is 4.39 Å². The molecule has 1 amide bonds. The Balaban J connectivity index is 2.19. The minimum atomic E-state index is -4.84. The highest BCUT2D eigenvalue weighted by molar-refractivity contribution is 5.94. The number of halogens is 4. The number of alkyl halides is 3. The molecule has 1 saturated heterocycles. The highest BCUT2D eigenvalue weighted by Gasteiger charge is 2.35. The van der Waals surface area contributed by atoms with E-state index in [9.17, 15) is 22.4 Å². The van der Waals surface area contributed by atoms with Gasteiger partial charge < -0.3 is 4.90 Å². The first-order chi connectivity index (χ1) is 9.82. The van der Waals surface area contributed by atoms with Crippen LogP contribution in [0.25, 0.3) is 0 Å². The zero-order valence-corrected chi connectivity index (χ0v) is 11.0. The molecule has 0 radical (unpaired) electrons. The van der Waals surface area contributed by atoms with E-state index >= 15 is 0 Å². The number of hydrogen-bond donors (Lipinski definition) is 0. The van der Waals surface area contributed by atoms with E-state index in [1.165, 1.54) is 4.90 Å². The summed E-state index contributed by atoms with van der Waals surface area (Å²) >= 11 is 0. The number of carbonyl (C=O) groups is 1. The van der Waals surface area contributed by atoms with Gasteiger partial charge in [-0.1, -0.05) is 0 Å². The Kier molecular flexibility index (Phi) is 4.16. The number of hydrogen-bond acceptors (Lipinski definition) is 2. The quantitative estimate of drug-likeness (QED) is 0.747. The summed E-state index contributed by atoms with van der Waals surface area (Å²) < 4.78 is 51.1. The summed E-state index contributed by atoms with van der Waals surface area (Å²) in [6.45, 7) is 0.631. The smallest absolute Gasteiger partial charge is 0.339 e. The zero-order valence-electron chi connectivity index (χ0n) is 11.0. The zero-order chi connectivity index (χ0) is 15.6. The molecule has 0 aromatic heterocycles. The predicted molar refractivity (Wildman–Crippen MR) is 65.6 cm³/mol. The minimum absolute atomic E-state index is 0.131. The van der Waals surface area contributed by atoms with Gasteiger partial charge in [0.2, 0.25) is 0 Å². The molecule has 112 valence electrons. The molecule has 1 heterocycles. The van der Waals surface area contributed by atoms with Crippen LogP contribution >= 0.6 is 0 Å². The van der Waals surface area contributed by atoms with E-state index in [1.807, 2.05) is 0 Å². The summed E-state index contributed by atoms with van der Waals surface area (Å²) in [6, 6.07) is 4.33. The fraction of sp³-hybridized carbons (Fsp3) is 0.429. The van der Waals surface area contributed by atoms with Gasteiger partial charge in [0, 0.05) is 24.6 Å². The van der Waals surface area contributed by atoms with Gasteiger partial charge in [-0.05, 0) is 31.0 Å². The maximum Gasteiger partial charge on any atom is 0.419 e. The fourth-order valence-corrected chi connectivity index (χ4v) is 2.27. The van der Waals surface area contributed by atoms with Gasteiger partial charge in [0.1, 0.15) is 5.82 Å². The van der Waals surface area contributed by atoms with Gasteiger partial charge in [-0.15, -0.1) is 0 Å². The van der Waals surface area contributed by atoms with Crippen LogP contribution in [0.3, 0.4) is 0 Å². The normalized spacial score (nSPS) is 16.6. The van der Waals surface area contributed by atoms with E-state index in [4.69, 9.17) is 5.26 Å². The molecule has 0 spiro atoms. The molecular weight excluding hydrogens is 288 g/mol. The van der Waals surface area contributed by atoms with E-state index in [-0.39, 0.29) is 11.5 Å². The van der Waals surface area contributed by atoms with Crippen molar-refractivity contribution in [3.05, 3.63) is 35.1 Å². The Labute approximate surface area is 118 Å². The number of nitriles is 1. The second-order valence-electron chi connectivity index (χ2n) is 4.89. The summed E-state index contributed by atoms with van der Waals surface area (Å²) in [5.41, 5.74) is -1.64. The fourth-order valence-electron chi connectivity index (χ4n) is 2.27. The molecule has 1 aliphatic heterocycles. The van der Waals surface area contributed by atoms with Crippen molar-refractivity contribution in [3.63, 3.8) is 0 Å². The largest absolute Gasteiger partial charge is 0.419 e. The third-order valence-corrected chi connectivity index (χ3v) is 3.48. The number of rotatable bonds is 1. The van der Waals surface area contributed by atoms with Crippen molar-refractivity contribution in [3.8, 4) is 6.07 Å². The molecule has 21 heavy (non-hydrogen) atoms. The van der Waals surface area contributed by atoms with Gasteiger partial charge in [0.25, 0.3) is 5.91 Å². The average molecular weight is 300 g/mol. The summed E-state index contributed by atoms with van der Waals surface area (Å²) in [6.07, 6.45) is -3.85. The predicted octanol–water partition coefficient (Wildman–Crippen LogP) is 3.22. The molecule has 2 rings (SSSR count). The molecule has 7 heteroatoms. The van der Waals surface area contributed by atoms with Crippen molar-refractivity contribution in [2.75, 3.05) is 13.1 Å². The Morgan fingerprint density at radius 3 is 2.43 bits per heavy atom. The van der Waals surface area contributed by atoms with E-state index in [0.717, 1.165) is 6.07 Å². The lowest BCUT2D eigenvalue weighted by Crippen LogP contribution is -2.38. The Bertz CT molecular complexity index is 584. The summed E-state index contributed by atoms with van der Waals surface area (Å²) in [4.78, 5) is 13.5. The lowest BCUT2D eigenvalue weighted by Gasteiger charge is -2.29. The van der Waals surface area contributed by atoms with Crippen LogP contribution < -0.4 is 0 Å². The van der Waals surface area contributed by atoms with Crippen LogP contribution in [0.5, 0.6) is 0 Å². The summed E-state index contributed by atoms with van der Waals surface area (Å²) in [5, 5.41) is 8.77. The third kappa shape index (κ3) is 3.32. The Morgan fingerprint density at radius 1 is 1.29 bits per heavy atom. The Hall–Kier alpha value is -2.10. The molecule has 1 aliphatic rings. The van der Waals surface area contributed by atoms with Crippen molar-refractivity contribution < 1.29 is 22.4 Å². The number of amides is 1. The first kappa shape index (κ1) is 15.3. The van der Waals surface area contributed by atoms with Gasteiger partial charge in [-0.3, -0.25) is 4.79 Å². The van der Waals surface area contributed by atoms with Crippen molar-refractivity contribution in [1.29, 1.82) is 5.26 Å². The number of carbonyl (C=O) groups excluding carboxylic acids is 1. The average Bonchev–Trinajstić information content (AvgIpc) is 2.46. The van der Waals surface area contributed by atoms with Crippen LogP contribution in [0.1, 0.15) is 28.8 Å². The van der Waals surface area contributed by atoms with E-state index in [1.54, 1.807) is 0 Å². The van der Waals surface area contributed by atoms with Crippen molar-refractivity contribution in [1.82, 2.24) is 4.90 Å². The minimum Gasteiger partial charge on any atom is -0.339 e. The SMILES string of the molecule is N#CC1CCN(C(=O)c2ccc(F)c(C(F)(F)F)c2)CC1. The summed E-state index contributed by atoms with van der Waals surface area (Å²) in [7, 11) is 0. The molecule has 0 atom stereocenters. The number of benzene rings is 1. The monoisotopic (exact) mass is 300 g/mol. The molecule has 0 unspecified atom stereocenters. The highest BCUT2D eigenvalue weighted by Crippen LogP contribution is 2.32. The van der Waals surface area contributed by atoms with Crippen LogP contribution in [0.4, 0.5) is 17.6 Å². The van der Waals surface area contributed by atoms with E-state index in [2.05, 4.69) is 6.07 Å². The standard InChI is InChI=1S/C14H12F4N2O/c15-12-2-1-10(7-11(12)14(16,17)18)13(21)20-5-3-9(8-19)4-6-20/h1-2,7,9H,3-6H2. The van der Waals surface area contributed by atoms with Crippen molar-refractivity contribution in [2.45, 2.75) is 19.0 Å². The van der Waals surface area contributed by atoms with Crippen LogP contribution in [-0.4, -0.2) is 23.9 Å².